The van der Waals surface area contributed by atoms with Gasteiger partial charge in [0, 0.05) is 12.7 Å². The van der Waals surface area contributed by atoms with Crippen LogP contribution in [0.15, 0.2) is 36.4 Å². The Morgan fingerprint density at radius 1 is 1.05 bits per heavy atom. The fraction of sp³-hybridized carbons (Fsp3) is 0.250. The molecule has 2 rings (SSSR count). The van der Waals surface area contributed by atoms with Crippen LogP contribution in [0, 0.1) is 6.92 Å². The van der Waals surface area contributed by atoms with E-state index in [9.17, 15) is 0 Å². The highest BCUT2D eigenvalue weighted by atomic mass is 35.5. The normalized spacial score (nSPS) is 10.5. The van der Waals surface area contributed by atoms with E-state index in [4.69, 9.17) is 21.1 Å². The third-order valence-corrected chi connectivity index (χ3v) is 3.44. The van der Waals surface area contributed by atoms with Crippen LogP contribution in [0.3, 0.4) is 0 Å². The predicted molar refractivity (Wildman–Crippen MR) is 78.9 cm³/mol. The molecule has 0 N–H and O–H groups in total. The van der Waals surface area contributed by atoms with E-state index < -0.39 is 0 Å². The van der Waals surface area contributed by atoms with E-state index in [-0.39, 0.29) is 0 Å². The van der Waals surface area contributed by atoms with Crippen LogP contribution in [0.2, 0.25) is 5.02 Å². The average molecular weight is 277 g/mol. The van der Waals surface area contributed by atoms with Crippen LogP contribution in [0.5, 0.6) is 5.75 Å². The van der Waals surface area contributed by atoms with Gasteiger partial charge in [0.15, 0.2) is 0 Å². The molecule has 2 aromatic carbocycles. The number of benzene rings is 2. The molecule has 0 unspecified atom stereocenters. The maximum absolute atomic E-state index is 6.29. The van der Waals surface area contributed by atoms with Crippen molar-refractivity contribution in [3.05, 3.63) is 52.5 Å². The zero-order valence-electron chi connectivity index (χ0n) is 11.4. The van der Waals surface area contributed by atoms with Gasteiger partial charge in [0.2, 0.25) is 0 Å². The molecule has 2 nitrogen and oxygen atoms in total. The third-order valence-electron chi connectivity index (χ3n) is 3.13. The van der Waals surface area contributed by atoms with Crippen molar-refractivity contribution in [3.8, 4) is 16.9 Å². The summed E-state index contributed by atoms with van der Waals surface area (Å²) in [5.41, 5.74) is 4.50. The van der Waals surface area contributed by atoms with Gasteiger partial charge >= 0.3 is 0 Å². The van der Waals surface area contributed by atoms with Crippen LogP contribution in [0.1, 0.15) is 11.1 Å². The molecule has 100 valence electrons. The van der Waals surface area contributed by atoms with Crippen LogP contribution in [0.25, 0.3) is 11.1 Å². The zero-order valence-corrected chi connectivity index (χ0v) is 12.1. The van der Waals surface area contributed by atoms with Crippen molar-refractivity contribution < 1.29 is 9.47 Å². The van der Waals surface area contributed by atoms with E-state index in [2.05, 4.69) is 25.1 Å². The Morgan fingerprint density at radius 2 is 1.84 bits per heavy atom. The van der Waals surface area contributed by atoms with Gasteiger partial charge in [-0.1, -0.05) is 29.8 Å². The molecule has 0 bridgehead atoms. The van der Waals surface area contributed by atoms with Crippen LogP contribution in [-0.2, 0) is 11.3 Å². The fourth-order valence-corrected chi connectivity index (χ4v) is 2.32. The van der Waals surface area contributed by atoms with Gasteiger partial charge in [0.05, 0.1) is 18.7 Å². The second-order valence-electron chi connectivity index (χ2n) is 4.42. The summed E-state index contributed by atoms with van der Waals surface area (Å²) in [5, 5.41) is 0.693. The molecule has 3 heteroatoms. The first-order valence-corrected chi connectivity index (χ1v) is 6.46. The van der Waals surface area contributed by atoms with Crippen molar-refractivity contribution in [2.24, 2.45) is 0 Å². The SMILES string of the molecule is COCc1ccc(-c2ccc(OC)cc2Cl)cc1C. The van der Waals surface area contributed by atoms with Gasteiger partial charge in [0.25, 0.3) is 0 Å². The third kappa shape index (κ3) is 3.09. The second kappa shape index (κ2) is 6.09. The molecule has 0 aliphatic heterocycles. The van der Waals surface area contributed by atoms with E-state index >= 15 is 0 Å². The lowest BCUT2D eigenvalue weighted by Crippen LogP contribution is -1.92. The maximum Gasteiger partial charge on any atom is 0.120 e. The summed E-state index contributed by atoms with van der Waals surface area (Å²) in [6, 6.07) is 12.0. The summed E-state index contributed by atoms with van der Waals surface area (Å²) in [7, 11) is 3.34. The van der Waals surface area contributed by atoms with Gasteiger partial charge < -0.3 is 9.47 Å². The summed E-state index contributed by atoms with van der Waals surface area (Å²) in [5.74, 6) is 0.765. The van der Waals surface area contributed by atoms with Gasteiger partial charge in [0.1, 0.15) is 5.75 Å². The summed E-state index contributed by atoms with van der Waals surface area (Å²) in [6.07, 6.45) is 0. The van der Waals surface area contributed by atoms with Gasteiger partial charge in [-0.15, -0.1) is 0 Å². The van der Waals surface area contributed by atoms with Crippen LogP contribution in [0.4, 0.5) is 0 Å². The predicted octanol–water partition coefficient (Wildman–Crippen LogP) is 4.47. The summed E-state index contributed by atoms with van der Waals surface area (Å²) in [6.45, 7) is 2.71. The lowest BCUT2D eigenvalue weighted by Gasteiger charge is -2.10. The number of methoxy groups -OCH3 is 2. The molecule has 19 heavy (non-hydrogen) atoms. The number of rotatable bonds is 4. The Balaban J connectivity index is 2.39. The Hall–Kier alpha value is -1.51. The number of halogens is 1. The fourth-order valence-electron chi connectivity index (χ4n) is 2.04. The molecular formula is C16H17ClO2. The van der Waals surface area contributed by atoms with Gasteiger partial charge in [-0.05, 0) is 41.8 Å². The molecule has 0 aliphatic carbocycles. The topological polar surface area (TPSA) is 18.5 Å². The maximum atomic E-state index is 6.29. The first kappa shape index (κ1) is 13.9. The lowest BCUT2D eigenvalue weighted by atomic mass is 10.00. The molecule has 0 heterocycles. The molecular weight excluding hydrogens is 260 g/mol. The van der Waals surface area contributed by atoms with Crippen molar-refractivity contribution in [1.29, 1.82) is 0 Å². The molecule has 0 aromatic heterocycles. The number of aryl methyl sites for hydroxylation is 1. The molecule has 0 radical (unpaired) electrons. The van der Waals surface area contributed by atoms with Crippen LogP contribution < -0.4 is 4.74 Å². The highest BCUT2D eigenvalue weighted by Crippen LogP contribution is 2.32. The smallest absolute Gasteiger partial charge is 0.120 e. The number of hydrogen-bond acceptors (Lipinski definition) is 2. The first-order valence-electron chi connectivity index (χ1n) is 6.08. The van der Waals surface area contributed by atoms with E-state index in [1.807, 2.05) is 18.2 Å². The van der Waals surface area contributed by atoms with Crippen molar-refractivity contribution >= 4 is 11.6 Å². The zero-order chi connectivity index (χ0) is 13.8. The van der Waals surface area contributed by atoms with Crippen molar-refractivity contribution in [2.45, 2.75) is 13.5 Å². The molecule has 2 aromatic rings. The minimum absolute atomic E-state index is 0.627. The van der Waals surface area contributed by atoms with Gasteiger partial charge in [-0.3, -0.25) is 0 Å². The quantitative estimate of drug-likeness (QED) is 0.820. The van der Waals surface area contributed by atoms with Gasteiger partial charge in [-0.25, -0.2) is 0 Å². The van der Waals surface area contributed by atoms with E-state index in [1.54, 1.807) is 14.2 Å². The van der Waals surface area contributed by atoms with E-state index in [0.717, 1.165) is 16.9 Å². The second-order valence-corrected chi connectivity index (χ2v) is 4.83. The minimum atomic E-state index is 0.627. The first-order chi connectivity index (χ1) is 9.15. The van der Waals surface area contributed by atoms with Crippen LogP contribution in [-0.4, -0.2) is 14.2 Å². The molecule has 0 aliphatic rings. The standard InChI is InChI=1S/C16H17ClO2/c1-11-8-12(4-5-13(11)10-18-2)15-7-6-14(19-3)9-16(15)17/h4-9H,10H2,1-3H3. The highest BCUT2D eigenvalue weighted by Gasteiger charge is 2.07. The molecule has 0 spiro atoms. The lowest BCUT2D eigenvalue weighted by molar-refractivity contribution is 0.184. The molecule has 0 saturated heterocycles. The van der Waals surface area contributed by atoms with Crippen molar-refractivity contribution in [2.75, 3.05) is 14.2 Å². The van der Waals surface area contributed by atoms with E-state index in [1.165, 1.54) is 11.1 Å². The summed E-state index contributed by atoms with van der Waals surface area (Å²) in [4.78, 5) is 0. The van der Waals surface area contributed by atoms with E-state index in [0.29, 0.717) is 11.6 Å². The Bertz CT molecular complexity index is 579. The molecule has 0 fully saturated rings. The monoisotopic (exact) mass is 276 g/mol. The van der Waals surface area contributed by atoms with Crippen molar-refractivity contribution in [1.82, 2.24) is 0 Å². The largest absolute Gasteiger partial charge is 0.497 e. The van der Waals surface area contributed by atoms with Crippen LogP contribution >= 0.6 is 11.6 Å². The Morgan fingerprint density at radius 3 is 2.42 bits per heavy atom. The Kier molecular flexibility index (Phi) is 4.46. The average Bonchev–Trinajstić information content (AvgIpc) is 2.41. The van der Waals surface area contributed by atoms with Crippen molar-refractivity contribution in [3.63, 3.8) is 0 Å². The molecule has 0 atom stereocenters. The Labute approximate surface area is 118 Å². The minimum Gasteiger partial charge on any atom is -0.497 e. The molecule has 0 saturated carbocycles. The summed E-state index contributed by atoms with van der Waals surface area (Å²) >= 11 is 6.29. The van der Waals surface area contributed by atoms with Gasteiger partial charge in [-0.2, -0.15) is 0 Å². The number of ether oxygens (including phenoxy) is 2. The molecule has 0 amide bonds. The summed E-state index contributed by atoms with van der Waals surface area (Å²) < 4.78 is 10.3. The number of hydrogen-bond donors (Lipinski definition) is 0. The highest BCUT2D eigenvalue weighted by molar-refractivity contribution is 6.33.